The first kappa shape index (κ1) is 15.7. The standard InChI is InChI=1S/C13H18O2.C2H6/c1-11-6-5-8-12(10-11)7-3-2-4-9-13(14)15;1-2/h5-6,8,10H,2-4,7,9H2,1H3,(H,14,15);1-2H3. The number of rotatable bonds is 6. The van der Waals surface area contributed by atoms with Crippen molar-refractivity contribution in [2.45, 2.75) is 52.9 Å². The molecule has 0 bridgehead atoms. The summed E-state index contributed by atoms with van der Waals surface area (Å²) >= 11 is 0. The number of hydrogen-bond donors (Lipinski definition) is 1. The molecule has 17 heavy (non-hydrogen) atoms. The lowest BCUT2D eigenvalue weighted by molar-refractivity contribution is -0.137. The molecule has 1 N–H and O–H groups in total. The molecule has 1 aromatic rings. The van der Waals surface area contributed by atoms with Crippen LogP contribution in [0.3, 0.4) is 0 Å². The van der Waals surface area contributed by atoms with Crippen molar-refractivity contribution in [1.29, 1.82) is 0 Å². The highest BCUT2D eigenvalue weighted by atomic mass is 16.4. The SMILES string of the molecule is CC.Cc1cccc(CCCCCC(=O)O)c1. The first-order valence-electron chi connectivity index (χ1n) is 6.46. The number of carbonyl (C=O) groups is 1. The topological polar surface area (TPSA) is 37.3 Å². The lowest BCUT2D eigenvalue weighted by Crippen LogP contribution is -1.94. The van der Waals surface area contributed by atoms with E-state index in [2.05, 4.69) is 31.2 Å². The fourth-order valence-electron chi connectivity index (χ4n) is 1.65. The summed E-state index contributed by atoms with van der Waals surface area (Å²) in [4.78, 5) is 10.3. The molecule has 0 aliphatic carbocycles. The normalized spacial score (nSPS) is 9.35. The van der Waals surface area contributed by atoms with Crippen LogP contribution in [0.2, 0.25) is 0 Å². The van der Waals surface area contributed by atoms with Crippen LogP contribution in [0.25, 0.3) is 0 Å². The summed E-state index contributed by atoms with van der Waals surface area (Å²) in [6, 6.07) is 8.48. The molecule has 0 aromatic heterocycles. The van der Waals surface area contributed by atoms with Gasteiger partial charge in [0.25, 0.3) is 0 Å². The van der Waals surface area contributed by atoms with Crippen LogP contribution in [0.15, 0.2) is 24.3 Å². The van der Waals surface area contributed by atoms with E-state index >= 15 is 0 Å². The molecule has 1 rings (SSSR count). The summed E-state index contributed by atoms with van der Waals surface area (Å²) in [7, 11) is 0. The van der Waals surface area contributed by atoms with E-state index in [1.54, 1.807) is 0 Å². The van der Waals surface area contributed by atoms with E-state index in [-0.39, 0.29) is 0 Å². The fourth-order valence-corrected chi connectivity index (χ4v) is 1.65. The van der Waals surface area contributed by atoms with Gasteiger partial charge in [-0.15, -0.1) is 0 Å². The van der Waals surface area contributed by atoms with Crippen LogP contribution in [-0.4, -0.2) is 11.1 Å². The first-order valence-corrected chi connectivity index (χ1v) is 6.46. The maximum absolute atomic E-state index is 10.3. The molecular formula is C15H24O2. The summed E-state index contributed by atoms with van der Waals surface area (Å²) in [5.41, 5.74) is 2.64. The molecule has 0 atom stereocenters. The number of benzene rings is 1. The monoisotopic (exact) mass is 236 g/mol. The van der Waals surface area contributed by atoms with Crippen LogP contribution in [0.5, 0.6) is 0 Å². The first-order chi connectivity index (χ1) is 8.18. The zero-order valence-electron chi connectivity index (χ0n) is 11.2. The van der Waals surface area contributed by atoms with Gasteiger partial charge in [0.1, 0.15) is 0 Å². The van der Waals surface area contributed by atoms with Crippen molar-refractivity contribution < 1.29 is 9.90 Å². The van der Waals surface area contributed by atoms with E-state index < -0.39 is 5.97 Å². The number of aryl methyl sites for hydroxylation is 2. The smallest absolute Gasteiger partial charge is 0.303 e. The molecule has 0 saturated carbocycles. The van der Waals surface area contributed by atoms with Crippen molar-refractivity contribution in [3.05, 3.63) is 35.4 Å². The molecule has 0 spiro atoms. The van der Waals surface area contributed by atoms with Gasteiger partial charge in [0.2, 0.25) is 0 Å². The number of aliphatic carboxylic acids is 1. The van der Waals surface area contributed by atoms with Gasteiger partial charge in [-0.05, 0) is 31.7 Å². The summed E-state index contributed by atoms with van der Waals surface area (Å²) in [6.07, 6.45) is 4.23. The van der Waals surface area contributed by atoms with Gasteiger partial charge in [-0.3, -0.25) is 4.79 Å². The van der Waals surface area contributed by atoms with E-state index in [1.807, 2.05) is 13.8 Å². The van der Waals surface area contributed by atoms with Gasteiger partial charge in [-0.25, -0.2) is 0 Å². The van der Waals surface area contributed by atoms with Crippen LogP contribution >= 0.6 is 0 Å². The Morgan fingerprint density at radius 3 is 2.47 bits per heavy atom. The minimum Gasteiger partial charge on any atom is -0.481 e. The number of carboxylic acids is 1. The van der Waals surface area contributed by atoms with Crippen molar-refractivity contribution in [1.82, 2.24) is 0 Å². The Kier molecular flexibility index (Phi) is 9.12. The zero-order valence-corrected chi connectivity index (χ0v) is 11.2. The third-order valence-electron chi connectivity index (χ3n) is 2.44. The fraction of sp³-hybridized carbons (Fsp3) is 0.533. The third kappa shape index (κ3) is 8.49. The highest BCUT2D eigenvalue weighted by molar-refractivity contribution is 5.66. The lowest BCUT2D eigenvalue weighted by Gasteiger charge is -2.02. The van der Waals surface area contributed by atoms with Gasteiger partial charge in [-0.2, -0.15) is 0 Å². The van der Waals surface area contributed by atoms with Crippen molar-refractivity contribution >= 4 is 5.97 Å². The van der Waals surface area contributed by atoms with Crippen LogP contribution in [0.1, 0.15) is 50.7 Å². The molecule has 0 aliphatic rings. The molecule has 0 unspecified atom stereocenters. The van der Waals surface area contributed by atoms with Crippen LogP contribution in [-0.2, 0) is 11.2 Å². The zero-order chi connectivity index (χ0) is 13.1. The highest BCUT2D eigenvalue weighted by Crippen LogP contribution is 2.09. The maximum atomic E-state index is 10.3. The van der Waals surface area contributed by atoms with Gasteiger partial charge in [-0.1, -0.05) is 50.1 Å². The molecule has 0 fully saturated rings. The van der Waals surface area contributed by atoms with Gasteiger partial charge in [0, 0.05) is 6.42 Å². The van der Waals surface area contributed by atoms with Crippen molar-refractivity contribution in [2.75, 3.05) is 0 Å². The summed E-state index contributed by atoms with van der Waals surface area (Å²) in [5.74, 6) is -0.689. The number of carboxylic acid groups (broad SMARTS) is 1. The quantitative estimate of drug-likeness (QED) is 0.751. The van der Waals surface area contributed by atoms with E-state index in [0.717, 1.165) is 25.7 Å². The van der Waals surface area contributed by atoms with Crippen LogP contribution < -0.4 is 0 Å². The molecule has 96 valence electrons. The lowest BCUT2D eigenvalue weighted by atomic mass is 10.0. The average Bonchev–Trinajstić information content (AvgIpc) is 2.31. The summed E-state index contributed by atoms with van der Waals surface area (Å²) in [6.45, 7) is 6.09. The molecule has 0 radical (unpaired) electrons. The Balaban J connectivity index is 0.00000121. The van der Waals surface area contributed by atoms with E-state index in [4.69, 9.17) is 5.11 Å². The predicted octanol–water partition coefficient (Wildman–Crippen LogP) is 4.21. The third-order valence-corrected chi connectivity index (χ3v) is 2.44. The summed E-state index contributed by atoms with van der Waals surface area (Å²) < 4.78 is 0. The molecular weight excluding hydrogens is 212 g/mol. The van der Waals surface area contributed by atoms with Crippen molar-refractivity contribution in [3.63, 3.8) is 0 Å². The van der Waals surface area contributed by atoms with E-state index in [0.29, 0.717) is 6.42 Å². The molecule has 1 aromatic carbocycles. The van der Waals surface area contributed by atoms with E-state index in [1.165, 1.54) is 11.1 Å². The minimum absolute atomic E-state index is 0.299. The van der Waals surface area contributed by atoms with Gasteiger partial charge < -0.3 is 5.11 Å². The van der Waals surface area contributed by atoms with Gasteiger partial charge in [0.05, 0.1) is 0 Å². The number of unbranched alkanes of at least 4 members (excludes halogenated alkanes) is 2. The largest absolute Gasteiger partial charge is 0.481 e. The molecule has 0 saturated heterocycles. The Bertz CT molecular complexity index is 318. The van der Waals surface area contributed by atoms with Gasteiger partial charge in [0.15, 0.2) is 0 Å². The Hall–Kier alpha value is -1.31. The average molecular weight is 236 g/mol. The predicted molar refractivity (Wildman–Crippen MR) is 72.3 cm³/mol. The van der Waals surface area contributed by atoms with Crippen molar-refractivity contribution in [3.8, 4) is 0 Å². The maximum Gasteiger partial charge on any atom is 0.303 e. The molecule has 2 heteroatoms. The second-order valence-electron chi connectivity index (χ2n) is 3.94. The Morgan fingerprint density at radius 1 is 1.18 bits per heavy atom. The molecule has 0 amide bonds. The Morgan fingerprint density at radius 2 is 1.88 bits per heavy atom. The molecule has 2 nitrogen and oxygen atoms in total. The van der Waals surface area contributed by atoms with Gasteiger partial charge >= 0.3 is 5.97 Å². The second kappa shape index (κ2) is 9.88. The van der Waals surface area contributed by atoms with Crippen LogP contribution in [0, 0.1) is 6.92 Å². The van der Waals surface area contributed by atoms with Crippen molar-refractivity contribution in [2.24, 2.45) is 0 Å². The Labute approximate surface area is 105 Å². The highest BCUT2D eigenvalue weighted by Gasteiger charge is 1.97. The molecule has 0 aliphatic heterocycles. The molecule has 0 heterocycles. The van der Waals surface area contributed by atoms with E-state index in [9.17, 15) is 4.79 Å². The summed E-state index contributed by atoms with van der Waals surface area (Å²) in [5, 5.41) is 8.47. The second-order valence-corrected chi connectivity index (χ2v) is 3.94. The van der Waals surface area contributed by atoms with Crippen LogP contribution in [0.4, 0.5) is 0 Å². The number of hydrogen-bond acceptors (Lipinski definition) is 1. The minimum atomic E-state index is -0.689.